The summed E-state index contributed by atoms with van der Waals surface area (Å²) >= 11 is 0. The lowest BCUT2D eigenvalue weighted by Crippen LogP contribution is -2.58. The zero-order valence-corrected chi connectivity index (χ0v) is 25.8. The highest BCUT2D eigenvalue weighted by molar-refractivity contribution is 5.17. The van der Waals surface area contributed by atoms with Gasteiger partial charge in [-0.1, -0.05) is 58.0 Å². The van der Waals surface area contributed by atoms with Gasteiger partial charge in [0, 0.05) is 31.1 Å². The molecule has 2 saturated heterocycles. The fourth-order valence-corrected chi connectivity index (χ4v) is 11.9. The molecule has 13 atom stereocenters. The lowest BCUT2D eigenvalue weighted by molar-refractivity contribution is -0.134. The van der Waals surface area contributed by atoms with Crippen molar-refractivity contribution in [2.24, 2.45) is 58.0 Å². The molecular weight excluding hydrogens is 490 g/mol. The molecule has 6 fully saturated rings. The van der Waals surface area contributed by atoms with Gasteiger partial charge < -0.3 is 15.8 Å². The van der Waals surface area contributed by atoms with E-state index in [4.69, 9.17) is 10.5 Å². The zero-order chi connectivity index (χ0) is 27.7. The number of benzene rings is 1. The fourth-order valence-electron chi connectivity index (χ4n) is 11.9. The lowest BCUT2D eigenvalue weighted by Gasteiger charge is -2.61. The number of nitrogens with two attached hydrogens (primary N) is 1. The summed E-state index contributed by atoms with van der Waals surface area (Å²) in [5, 5.41) is 7.85. The van der Waals surface area contributed by atoms with Gasteiger partial charge in [0.1, 0.15) is 5.72 Å². The summed E-state index contributed by atoms with van der Waals surface area (Å²) in [5.74, 6) is 5.74. The maximum atomic E-state index is 7.11. The first kappa shape index (κ1) is 27.9. The van der Waals surface area contributed by atoms with Gasteiger partial charge in [-0.2, -0.15) is 0 Å². The van der Waals surface area contributed by atoms with Gasteiger partial charge in [0.05, 0.1) is 6.10 Å². The van der Waals surface area contributed by atoms with Gasteiger partial charge in [-0.05, 0) is 123 Å². The third-order valence-electron chi connectivity index (χ3n) is 14.2. The van der Waals surface area contributed by atoms with Crippen LogP contribution in [0.15, 0.2) is 30.3 Å². The molecule has 2 aliphatic heterocycles. The van der Waals surface area contributed by atoms with Crippen LogP contribution in [0.1, 0.15) is 97.5 Å². The van der Waals surface area contributed by atoms with Gasteiger partial charge in [0.25, 0.3) is 0 Å². The van der Waals surface area contributed by atoms with Crippen LogP contribution in [0, 0.1) is 52.3 Å². The summed E-state index contributed by atoms with van der Waals surface area (Å²) in [6, 6.07) is 11.6. The standard InChI is InChI=1S/C36H57N3O/c1-23-12-17-36(39-21-23)24(2)33-32(40-36)20-31-29-11-10-26-19-28(38-22-27(37)18-25-8-6-5-7-9-25)13-15-34(26,3)30(29)14-16-35(31,33)4/h5-9,23-24,26-33,38-39H,10-22,37H2,1-4H3/t23-,24-,26-,27-,28?,29+,30-,31-,32-,33-,34-,35-,36-/m0/s1. The van der Waals surface area contributed by atoms with E-state index in [-0.39, 0.29) is 11.8 Å². The Morgan fingerprint density at radius 2 is 1.75 bits per heavy atom. The van der Waals surface area contributed by atoms with Gasteiger partial charge in [-0.15, -0.1) is 0 Å². The van der Waals surface area contributed by atoms with Crippen LogP contribution in [0.25, 0.3) is 0 Å². The second kappa shape index (κ2) is 10.4. The van der Waals surface area contributed by atoms with Crippen molar-refractivity contribution < 1.29 is 4.74 Å². The molecule has 4 N–H and O–H groups in total. The molecule has 40 heavy (non-hydrogen) atoms. The number of piperidine rings is 1. The molecule has 1 spiro atoms. The van der Waals surface area contributed by atoms with Gasteiger partial charge >= 0.3 is 0 Å². The number of hydrogen-bond acceptors (Lipinski definition) is 4. The van der Waals surface area contributed by atoms with Crippen LogP contribution in [0.5, 0.6) is 0 Å². The maximum Gasteiger partial charge on any atom is 0.122 e. The molecule has 0 amide bonds. The molecule has 4 nitrogen and oxygen atoms in total. The number of rotatable bonds is 5. The van der Waals surface area contributed by atoms with Crippen LogP contribution in [0.2, 0.25) is 0 Å². The molecule has 4 aliphatic carbocycles. The molecule has 0 bridgehead atoms. The van der Waals surface area contributed by atoms with Crippen molar-refractivity contribution in [3.63, 3.8) is 0 Å². The second-order valence-electron chi connectivity index (χ2n) is 16.2. The summed E-state index contributed by atoms with van der Waals surface area (Å²) in [4.78, 5) is 0. The fraction of sp³-hybridized carbons (Fsp3) is 0.833. The zero-order valence-electron chi connectivity index (χ0n) is 25.8. The van der Waals surface area contributed by atoms with Crippen LogP contribution in [-0.4, -0.2) is 37.0 Å². The molecule has 6 aliphatic rings. The highest BCUT2D eigenvalue weighted by Crippen LogP contribution is 2.71. The number of fused-ring (bicyclic) bond motifs is 7. The smallest absolute Gasteiger partial charge is 0.122 e. The van der Waals surface area contributed by atoms with Crippen molar-refractivity contribution in [1.29, 1.82) is 0 Å². The van der Waals surface area contributed by atoms with Gasteiger partial charge in [0.2, 0.25) is 0 Å². The third kappa shape index (κ3) is 4.45. The Morgan fingerprint density at radius 3 is 2.52 bits per heavy atom. The van der Waals surface area contributed by atoms with E-state index in [9.17, 15) is 0 Å². The molecule has 222 valence electrons. The highest BCUT2D eigenvalue weighted by atomic mass is 16.5. The Balaban J connectivity index is 0.987. The largest absolute Gasteiger partial charge is 0.357 e. The van der Waals surface area contributed by atoms with Gasteiger partial charge in [-0.3, -0.25) is 5.32 Å². The summed E-state index contributed by atoms with van der Waals surface area (Å²) in [7, 11) is 0. The number of hydrogen-bond donors (Lipinski definition) is 3. The van der Waals surface area contributed by atoms with E-state index in [0.717, 1.165) is 55.0 Å². The molecule has 1 unspecified atom stereocenters. The Morgan fingerprint density at radius 1 is 0.950 bits per heavy atom. The van der Waals surface area contributed by atoms with Crippen molar-refractivity contribution in [3.8, 4) is 0 Å². The van der Waals surface area contributed by atoms with Crippen molar-refractivity contribution >= 4 is 0 Å². The number of nitrogens with one attached hydrogen (secondary N) is 2. The summed E-state index contributed by atoms with van der Waals surface area (Å²) < 4.78 is 7.11. The van der Waals surface area contributed by atoms with Crippen molar-refractivity contribution in [3.05, 3.63) is 35.9 Å². The van der Waals surface area contributed by atoms with Crippen LogP contribution in [0.3, 0.4) is 0 Å². The minimum Gasteiger partial charge on any atom is -0.357 e. The topological polar surface area (TPSA) is 59.3 Å². The lowest BCUT2D eigenvalue weighted by atomic mass is 9.44. The van der Waals surface area contributed by atoms with Gasteiger partial charge in [-0.25, -0.2) is 0 Å². The van der Waals surface area contributed by atoms with Crippen LogP contribution < -0.4 is 16.4 Å². The second-order valence-corrected chi connectivity index (χ2v) is 16.2. The minimum absolute atomic E-state index is 0.0364. The number of ether oxygens (including phenoxy) is 1. The van der Waals surface area contributed by atoms with Crippen LogP contribution >= 0.6 is 0 Å². The van der Waals surface area contributed by atoms with Crippen molar-refractivity contribution in [2.45, 2.75) is 122 Å². The normalized spacial score (nSPS) is 50.6. The molecule has 4 saturated carbocycles. The van der Waals surface area contributed by atoms with Gasteiger partial charge in [0.15, 0.2) is 0 Å². The van der Waals surface area contributed by atoms with Crippen LogP contribution in [-0.2, 0) is 11.2 Å². The first-order valence-electron chi connectivity index (χ1n) is 17.2. The molecular formula is C36H57N3O. The molecule has 2 heterocycles. The van der Waals surface area contributed by atoms with Crippen LogP contribution in [0.4, 0.5) is 0 Å². The molecule has 1 aromatic rings. The Labute approximate surface area is 244 Å². The Hall–Kier alpha value is -0.940. The Kier molecular flexibility index (Phi) is 7.21. The SMILES string of the molecule is C[C@H]1CC[C@]2(NC1)O[C@H]1C[C@H]3[C@@H]4CC[C@H]5CC(NC[C@@H](N)Cc6ccccc6)CC[C@]5(C)[C@H]4CC[C@]3(C)[C@H]1[C@@H]2C. The average molecular weight is 548 g/mol. The first-order valence-corrected chi connectivity index (χ1v) is 17.2. The van der Waals surface area contributed by atoms with E-state index in [2.05, 4.69) is 68.7 Å². The molecule has 4 heteroatoms. The Bertz CT molecular complexity index is 1040. The third-order valence-corrected chi connectivity index (χ3v) is 14.2. The van der Waals surface area contributed by atoms with E-state index in [1.165, 1.54) is 69.8 Å². The van der Waals surface area contributed by atoms with Crippen molar-refractivity contribution in [1.82, 2.24) is 10.6 Å². The molecule has 0 aromatic heterocycles. The van der Waals surface area contributed by atoms with E-state index in [0.29, 0.717) is 28.9 Å². The maximum absolute atomic E-state index is 7.11. The summed E-state index contributed by atoms with van der Waals surface area (Å²) in [6.07, 6.45) is 15.2. The average Bonchev–Trinajstić information content (AvgIpc) is 3.39. The monoisotopic (exact) mass is 547 g/mol. The molecule has 7 rings (SSSR count). The summed E-state index contributed by atoms with van der Waals surface area (Å²) in [5.41, 5.74) is 8.87. The highest BCUT2D eigenvalue weighted by Gasteiger charge is 2.68. The minimum atomic E-state index is -0.0364. The predicted octanol–water partition coefficient (Wildman–Crippen LogP) is 6.53. The van der Waals surface area contributed by atoms with E-state index >= 15 is 0 Å². The summed E-state index contributed by atoms with van der Waals surface area (Å²) in [6.45, 7) is 12.4. The molecule has 1 aromatic carbocycles. The van der Waals surface area contributed by atoms with E-state index in [1.807, 2.05) is 0 Å². The molecule has 0 radical (unpaired) electrons. The van der Waals surface area contributed by atoms with E-state index < -0.39 is 0 Å². The first-order chi connectivity index (χ1) is 19.2. The van der Waals surface area contributed by atoms with Crippen molar-refractivity contribution in [2.75, 3.05) is 13.1 Å². The quantitative estimate of drug-likeness (QED) is 0.392. The predicted molar refractivity (Wildman–Crippen MR) is 164 cm³/mol. The van der Waals surface area contributed by atoms with E-state index in [1.54, 1.807) is 0 Å².